The molecule has 4 rings (SSSR count). The van der Waals surface area contributed by atoms with Crippen molar-refractivity contribution in [2.75, 3.05) is 5.32 Å². The summed E-state index contributed by atoms with van der Waals surface area (Å²) in [6.45, 7) is 5.73. The third kappa shape index (κ3) is 3.55. The lowest BCUT2D eigenvalue weighted by atomic mass is 9.98. The first-order valence-corrected chi connectivity index (χ1v) is 9.39. The highest BCUT2D eigenvalue weighted by Crippen LogP contribution is 2.30. The Hall–Kier alpha value is -2.99. The van der Waals surface area contributed by atoms with Gasteiger partial charge in [-0.15, -0.1) is 0 Å². The lowest BCUT2D eigenvalue weighted by molar-refractivity contribution is 0.102. The SMILES string of the molecule is CC(C)c1nn(C)cc1-c1cc(F)cc(C(=O)Nc2ccc3c(c2)CNC3)c1. The van der Waals surface area contributed by atoms with E-state index in [0.29, 0.717) is 11.3 Å². The Balaban J connectivity index is 1.64. The summed E-state index contributed by atoms with van der Waals surface area (Å²) in [6, 6.07) is 10.3. The first-order chi connectivity index (χ1) is 13.4. The molecule has 6 heteroatoms. The Labute approximate surface area is 163 Å². The van der Waals surface area contributed by atoms with Crippen LogP contribution in [0.4, 0.5) is 10.1 Å². The lowest BCUT2D eigenvalue weighted by Crippen LogP contribution is -2.12. The molecule has 1 aliphatic rings. The molecule has 28 heavy (non-hydrogen) atoms. The van der Waals surface area contributed by atoms with Crippen LogP contribution in [0.25, 0.3) is 11.1 Å². The Kier molecular flexibility index (Phi) is 4.73. The zero-order valence-electron chi connectivity index (χ0n) is 16.2. The van der Waals surface area contributed by atoms with Gasteiger partial charge in [-0.05, 0) is 52.9 Å². The number of nitrogens with zero attached hydrogens (tertiary/aromatic N) is 2. The van der Waals surface area contributed by atoms with Gasteiger partial charge in [-0.1, -0.05) is 19.9 Å². The van der Waals surface area contributed by atoms with Crippen LogP contribution in [0.5, 0.6) is 0 Å². The maximum atomic E-state index is 14.3. The predicted molar refractivity (Wildman–Crippen MR) is 108 cm³/mol. The van der Waals surface area contributed by atoms with Gasteiger partial charge in [0, 0.05) is 43.1 Å². The second-order valence-corrected chi connectivity index (χ2v) is 7.53. The minimum atomic E-state index is -0.445. The number of aromatic nitrogens is 2. The molecule has 0 spiro atoms. The Morgan fingerprint density at radius 2 is 1.96 bits per heavy atom. The molecule has 1 amide bonds. The minimum Gasteiger partial charge on any atom is -0.322 e. The molecule has 0 saturated carbocycles. The van der Waals surface area contributed by atoms with Gasteiger partial charge in [0.2, 0.25) is 0 Å². The van der Waals surface area contributed by atoms with Gasteiger partial charge in [-0.3, -0.25) is 9.48 Å². The van der Waals surface area contributed by atoms with Crippen molar-refractivity contribution in [3.8, 4) is 11.1 Å². The molecule has 144 valence electrons. The van der Waals surface area contributed by atoms with E-state index in [-0.39, 0.29) is 17.4 Å². The quantitative estimate of drug-likeness (QED) is 0.715. The van der Waals surface area contributed by atoms with E-state index < -0.39 is 5.82 Å². The van der Waals surface area contributed by atoms with E-state index in [9.17, 15) is 9.18 Å². The van der Waals surface area contributed by atoms with Gasteiger partial charge in [0.15, 0.2) is 0 Å². The van der Waals surface area contributed by atoms with Gasteiger partial charge in [0.25, 0.3) is 5.91 Å². The van der Waals surface area contributed by atoms with Crippen LogP contribution >= 0.6 is 0 Å². The van der Waals surface area contributed by atoms with Crippen molar-refractivity contribution in [2.24, 2.45) is 7.05 Å². The van der Waals surface area contributed by atoms with Crippen molar-refractivity contribution in [2.45, 2.75) is 32.9 Å². The number of carbonyl (C=O) groups excluding carboxylic acids is 1. The number of hydrogen-bond donors (Lipinski definition) is 2. The fourth-order valence-corrected chi connectivity index (χ4v) is 3.61. The number of carbonyl (C=O) groups is 1. The molecular formula is C22H23FN4O. The van der Waals surface area contributed by atoms with Crippen molar-refractivity contribution in [1.29, 1.82) is 0 Å². The maximum absolute atomic E-state index is 14.3. The van der Waals surface area contributed by atoms with Gasteiger partial charge in [-0.2, -0.15) is 5.10 Å². The Bertz CT molecular complexity index is 1050. The highest BCUT2D eigenvalue weighted by Gasteiger charge is 2.17. The van der Waals surface area contributed by atoms with Crippen molar-refractivity contribution in [3.63, 3.8) is 0 Å². The van der Waals surface area contributed by atoms with E-state index >= 15 is 0 Å². The fourth-order valence-electron chi connectivity index (χ4n) is 3.61. The van der Waals surface area contributed by atoms with Gasteiger partial charge in [-0.25, -0.2) is 4.39 Å². The molecule has 1 aromatic heterocycles. The largest absolute Gasteiger partial charge is 0.322 e. The summed E-state index contributed by atoms with van der Waals surface area (Å²) in [7, 11) is 1.84. The third-order valence-corrected chi connectivity index (χ3v) is 4.97. The van der Waals surface area contributed by atoms with E-state index in [0.717, 1.165) is 24.3 Å². The third-order valence-electron chi connectivity index (χ3n) is 4.97. The molecule has 2 aromatic carbocycles. The monoisotopic (exact) mass is 378 g/mol. The molecule has 0 unspecified atom stereocenters. The summed E-state index contributed by atoms with van der Waals surface area (Å²) >= 11 is 0. The van der Waals surface area contributed by atoms with E-state index in [1.54, 1.807) is 10.7 Å². The van der Waals surface area contributed by atoms with Crippen LogP contribution in [-0.4, -0.2) is 15.7 Å². The summed E-state index contributed by atoms with van der Waals surface area (Å²) in [6.07, 6.45) is 1.86. The molecule has 0 atom stereocenters. The summed E-state index contributed by atoms with van der Waals surface area (Å²) in [5.74, 6) is -0.585. The Morgan fingerprint density at radius 1 is 1.18 bits per heavy atom. The van der Waals surface area contributed by atoms with E-state index in [2.05, 4.69) is 15.7 Å². The molecular weight excluding hydrogens is 355 g/mol. The molecule has 0 aliphatic carbocycles. The summed E-state index contributed by atoms with van der Waals surface area (Å²) in [4.78, 5) is 12.8. The smallest absolute Gasteiger partial charge is 0.255 e. The van der Waals surface area contributed by atoms with E-state index in [4.69, 9.17) is 0 Å². The number of benzene rings is 2. The van der Waals surface area contributed by atoms with Crippen LogP contribution in [-0.2, 0) is 20.1 Å². The van der Waals surface area contributed by atoms with Gasteiger partial charge in [0.05, 0.1) is 5.69 Å². The number of aryl methyl sites for hydroxylation is 1. The highest BCUT2D eigenvalue weighted by molar-refractivity contribution is 6.05. The van der Waals surface area contributed by atoms with Crippen LogP contribution < -0.4 is 10.6 Å². The second kappa shape index (κ2) is 7.20. The van der Waals surface area contributed by atoms with Gasteiger partial charge < -0.3 is 10.6 Å². The fraction of sp³-hybridized carbons (Fsp3) is 0.273. The molecule has 0 bridgehead atoms. The molecule has 3 aromatic rings. The number of fused-ring (bicyclic) bond motifs is 1. The van der Waals surface area contributed by atoms with Crippen molar-refractivity contribution in [3.05, 3.63) is 70.8 Å². The maximum Gasteiger partial charge on any atom is 0.255 e. The number of halogens is 1. The molecule has 5 nitrogen and oxygen atoms in total. The lowest BCUT2D eigenvalue weighted by Gasteiger charge is -2.10. The number of anilines is 1. The number of amides is 1. The van der Waals surface area contributed by atoms with E-state index in [1.807, 2.05) is 45.3 Å². The van der Waals surface area contributed by atoms with Crippen LogP contribution in [0.2, 0.25) is 0 Å². The second-order valence-electron chi connectivity index (χ2n) is 7.53. The highest BCUT2D eigenvalue weighted by atomic mass is 19.1. The molecule has 2 N–H and O–H groups in total. The summed E-state index contributed by atoms with van der Waals surface area (Å²) in [5.41, 5.74) is 5.79. The zero-order valence-corrected chi connectivity index (χ0v) is 16.2. The number of nitrogens with one attached hydrogen (secondary N) is 2. The molecule has 2 heterocycles. The van der Waals surface area contributed by atoms with Gasteiger partial charge in [0.1, 0.15) is 5.82 Å². The van der Waals surface area contributed by atoms with Crippen LogP contribution in [0, 0.1) is 5.82 Å². The van der Waals surface area contributed by atoms with E-state index in [1.165, 1.54) is 23.3 Å². The molecule has 0 radical (unpaired) electrons. The summed E-state index contributed by atoms with van der Waals surface area (Å²) in [5, 5.41) is 10.6. The van der Waals surface area contributed by atoms with Crippen molar-refractivity contribution < 1.29 is 9.18 Å². The normalized spacial score (nSPS) is 13.0. The number of rotatable bonds is 4. The average Bonchev–Trinajstić information content (AvgIpc) is 3.27. The minimum absolute atomic E-state index is 0.191. The molecule has 0 fully saturated rings. The predicted octanol–water partition coefficient (Wildman–Crippen LogP) is 4.21. The first kappa shape index (κ1) is 18.4. The Morgan fingerprint density at radius 3 is 2.75 bits per heavy atom. The zero-order chi connectivity index (χ0) is 19.8. The van der Waals surface area contributed by atoms with Crippen LogP contribution in [0.1, 0.15) is 46.9 Å². The summed E-state index contributed by atoms with van der Waals surface area (Å²) < 4.78 is 16.0. The standard InChI is InChI=1S/C22H23FN4O/c1-13(2)21-20(12-27(3)26-21)15-6-16(8-18(23)7-15)22(28)25-19-5-4-14-10-24-11-17(14)9-19/h4-9,12-13,24H,10-11H2,1-3H3,(H,25,28). The van der Waals surface area contributed by atoms with Crippen LogP contribution in [0.15, 0.2) is 42.6 Å². The topological polar surface area (TPSA) is 59.0 Å². The van der Waals surface area contributed by atoms with Crippen molar-refractivity contribution in [1.82, 2.24) is 15.1 Å². The average molecular weight is 378 g/mol. The number of hydrogen-bond acceptors (Lipinski definition) is 3. The first-order valence-electron chi connectivity index (χ1n) is 9.39. The van der Waals surface area contributed by atoms with Crippen LogP contribution in [0.3, 0.4) is 0 Å². The van der Waals surface area contributed by atoms with Crippen molar-refractivity contribution >= 4 is 11.6 Å². The molecule has 0 saturated heterocycles. The van der Waals surface area contributed by atoms with Gasteiger partial charge >= 0.3 is 0 Å². The molecule has 1 aliphatic heterocycles.